The quantitative estimate of drug-likeness (QED) is 0.544. The van der Waals surface area contributed by atoms with E-state index < -0.39 is 0 Å². The first-order valence-electron chi connectivity index (χ1n) is 5.93. The molecular formula is C12H18O5. The molecule has 0 aromatic heterocycles. The SMILES string of the molecule is CC(=O)OCC1(COC(C)=O)CC[C@H]2O[C@H]2C1. The van der Waals surface area contributed by atoms with Gasteiger partial charge in [-0.2, -0.15) is 0 Å². The molecule has 1 aliphatic carbocycles. The highest BCUT2D eigenvalue weighted by Crippen LogP contribution is 2.46. The van der Waals surface area contributed by atoms with Crippen LogP contribution in [0, 0.1) is 5.41 Å². The number of rotatable bonds is 4. The molecule has 5 heteroatoms. The Morgan fingerprint density at radius 2 is 1.76 bits per heavy atom. The van der Waals surface area contributed by atoms with Gasteiger partial charge >= 0.3 is 11.9 Å². The molecule has 5 nitrogen and oxygen atoms in total. The molecule has 0 aromatic rings. The minimum atomic E-state index is -0.300. The van der Waals surface area contributed by atoms with Gasteiger partial charge in [-0.1, -0.05) is 0 Å². The smallest absolute Gasteiger partial charge is 0.302 e. The molecule has 1 saturated carbocycles. The van der Waals surface area contributed by atoms with Crippen molar-refractivity contribution in [3.8, 4) is 0 Å². The average Bonchev–Trinajstić information content (AvgIpc) is 3.02. The molecule has 1 heterocycles. The first kappa shape index (κ1) is 12.4. The van der Waals surface area contributed by atoms with Gasteiger partial charge in [0.1, 0.15) is 13.2 Å². The summed E-state index contributed by atoms with van der Waals surface area (Å²) in [6.45, 7) is 3.39. The summed E-state index contributed by atoms with van der Waals surface area (Å²) >= 11 is 0. The molecule has 0 aromatic carbocycles. The minimum Gasteiger partial charge on any atom is -0.465 e. The molecule has 1 aliphatic heterocycles. The fraction of sp³-hybridized carbons (Fsp3) is 0.833. The lowest BCUT2D eigenvalue weighted by molar-refractivity contribution is -0.152. The maximum absolute atomic E-state index is 10.9. The zero-order valence-electron chi connectivity index (χ0n) is 10.2. The van der Waals surface area contributed by atoms with Crippen molar-refractivity contribution in [3.05, 3.63) is 0 Å². The topological polar surface area (TPSA) is 65.1 Å². The maximum atomic E-state index is 10.9. The Morgan fingerprint density at radius 1 is 1.18 bits per heavy atom. The van der Waals surface area contributed by atoms with Gasteiger partial charge in [0, 0.05) is 19.3 Å². The van der Waals surface area contributed by atoms with Gasteiger partial charge in [-0.05, 0) is 19.3 Å². The first-order valence-corrected chi connectivity index (χ1v) is 5.93. The minimum absolute atomic E-state index is 0.255. The highest BCUT2D eigenvalue weighted by atomic mass is 16.6. The van der Waals surface area contributed by atoms with Crippen molar-refractivity contribution >= 4 is 11.9 Å². The van der Waals surface area contributed by atoms with E-state index in [4.69, 9.17) is 14.2 Å². The van der Waals surface area contributed by atoms with Crippen molar-refractivity contribution < 1.29 is 23.8 Å². The van der Waals surface area contributed by atoms with E-state index in [1.165, 1.54) is 13.8 Å². The molecule has 0 spiro atoms. The summed E-state index contributed by atoms with van der Waals surface area (Å²) in [6.07, 6.45) is 3.26. The second-order valence-corrected chi connectivity index (χ2v) is 5.02. The predicted molar refractivity (Wildman–Crippen MR) is 58.2 cm³/mol. The van der Waals surface area contributed by atoms with Crippen molar-refractivity contribution in [2.45, 2.75) is 45.3 Å². The number of ether oxygens (including phenoxy) is 3. The zero-order valence-corrected chi connectivity index (χ0v) is 10.2. The van der Waals surface area contributed by atoms with Crippen LogP contribution in [-0.2, 0) is 23.8 Å². The third-order valence-electron chi connectivity index (χ3n) is 3.44. The molecule has 0 amide bonds. The average molecular weight is 242 g/mol. The van der Waals surface area contributed by atoms with Gasteiger partial charge in [-0.25, -0.2) is 0 Å². The summed E-state index contributed by atoms with van der Waals surface area (Å²) < 4.78 is 15.7. The standard InChI is InChI=1S/C12H18O5/c1-8(13)15-6-12(7-16-9(2)14)4-3-10-11(5-12)17-10/h10-11H,3-7H2,1-2H3/t10-,11+/m1/s1. The monoisotopic (exact) mass is 242 g/mol. The predicted octanol–water partition coefficient (Wildman–Crippen LogP) is 1.05. The molecule has 0 radical (unpaired) electrons. The lowest BCUT2D eigenvalue weighted by Gasteiger charge is -2.34. The van der Waals surface area contributed by atoms with Gasteiger partial charge in [0.05, 0.1) is 12.2 Å². The lowest BCUT2D eigenvalue weighted by atomic mass is 9.75. The summed E-state index contributed by atoms with van der Waals surface area (Å²) in [5.41, 5.74) is -0.255. The van der Waals surface area contributed by atoms with Crippen LogP contribution < -0.4 is 0 Å². The van der Waals surface area contributed by atoms with Crippen LogP contribution in [0.1, 0.15) is 33.1 Å². The Labute approximate surface area is 100 Å². The van der Waals surface area contributed by atoms with Crippen LogP contribution in [0.2, 0.25) is 0 Å². The van der Waals surface area contributed by atoms with Crippen molar-refractivity contribution in [2.75, 3.05) is 13.2 Å². The highest BCUT2D eigenvalue weighted by molar-refractivity contribution is 5.66. The van der Waals surface area contributed by atoms with E-state index in [0.717, 1.165) is 19.3 Å². The van der Waals surface area contributed by atoms with Crippen LogP contribution in [0.25, 0.3) is 0 Å². The van der Waals surface area contributed by atoms with E-state index in [1.807, 2.05) is 0 Å². The summed E-state index contributed by atoms with van der Waals surface area (Å²) in [4.78, 5) is 21.8. The van der Waals surface area contributed by atoms with E-state index in [-0.39, 0.29) is 23.5 Å². The van der Waals surface area contributed by atoms with E-state index in [9.17, 15) is 9.59 Å². The van der Waals surface area contributed by atoms with Gasteiger partial charge in [-0.15, -0.1) is 0 Å². The molecule has 2 rings (SSSR count). The number of esters is 2. The Kier molecular flexibility index (Phi) is 3.38. The van der Waals surface area contributed by atoms with Crippen LogP contribution in [0.5, 0.6) is 0 Å². The maximum Gasteiger partial charge on any atom is 0.302 e. The summed E-state index contributed by atoms with van der Waals surface area (Å²) in [5.74, 6) is -0.600. The normalized spacial score (nSPS) is 29.1. The first-order chi connectivity index (χ1) is 8.01. The zero-order chi connectivity index (χ0) is 12.5. The van der Waals surface area contributed by atoms with Gasteiger partial charge in [0.15, 0.2) is 0 Å². The Bertz CT molecular complexity index is 307. The number of fused-ring (bicyclic) bond motifs is 1. The molecule has 17 heavy (non-hydrogen) atoms. The van der Waals surface area contributed by atoms with E-state index in [0.29, 0.717) is 19.3 Å². The van der Waals surface area contributed by atoms with Crippen LogP contribution in [0.3, 0.4) is 0 Å². The second kappa shape index (κ2) is 4.64. The molecule has 2 fully saturated rings. The number of epoxide rings is 1. The number of carbonyl (C=O) groups excluding carboxylic acids is 2. The van der Waals surface area contributed by atoms with Crippen LogP contribution in [0.15, 0.2) is 0 Å². The van der Waals surface area contributed by atoms with Crippen molar-refractivity contribution in [2.24, 2.45) is 5.41 Å². The highest BCUT2D eigenvalue weighted by Gasteiger charge is 2.51. The largest absolute Gasteiger partial charge is 0.465 e. The van der Waals surface area contributed by atoms with Gasteiger partial charge in [0.2, 0.25) is 0 Å². The third kappa shape index (κ3) is 3.19. The van der Waals surface area contributed by atoms with Crippen LogP contribution in [0.4, 0.5) is 0 Å². The van der Waals surface area contributed by atoms with Crippen molar-refractivity contribution in [1.29, 1.82) is 0 Å². The van der Waals surface area contributed by atoms with Crippen LogP contribution >= 0.6 is 0 Å². The molecular weight excluding hydrogens is 224 g/mol. The number of carbonyl (C=O) groups is 2. The molecule has 96 valence electrons. The second-order valence-electron chi connectivity index (χ2n) is 5.02. The Balaban J connectivity index is 1.94. The van der Waals surface area contributed by atoms with Gasteiger partial charge < -0.3 is 14.2 Å². The third-order valence-corrected chi connectivity index (χ3v) is 3.44. The molecule has 2 atom stereocenters. The fourth-order valence-electron chi connectivity index (χ4n) is 2.40. The van der Waals surface area contributed by atoms with E-state index in [1.54, 1.807) is 0 Å². The lowest BCUT2D eigenvalue weighted by Crippen LogP contribution is -2.38. The van der Waals surface area contributed by atoms with Gasteiger partial charge in [0.25, 0.3) is 0 Å². The number of hydrogen-bond donors (Lipinski definition) is 0. The van der Waals surface area contributed by atoms with Crippen molar-refractivity contribution in [3.63, 3.8) is 0 Å². The van der Waals surface area contributed by atoms with Crippen LogP contribution in [-0.4, -0.2) is 37.4 Å². The molecule has 0 N–H and O–H groups in total. The fourth-order valence-corrected chi connectivity index (χ4v) is 2.40. The number of hydrogen-bond acceptors (Lipinski definition) is 5. The summed E-state index contributed by atoms with van der Waals surface area (Å²) in [6, 6.07) is 0. The van der Waals surface area contributed by atoms with E-state index >= 15 is 0 Å². The molecule has 0 unspecified atom stereocenters. The summed E-state index contributed by atoms with van der Waals surface area (Å²) in [5, 5.41) is 0. The van der Waals surface area contributed by atoms with Gasteiger partial charge in [-0.3, -0.25) is 9.59 Å². The Morgan fingerprint density at radius 3 is 2.24 bits per heavy atom. The summed E-state index contributed by atoms with van der Waals surface area (Å²) in [7, 11) is 0. The Hall–Kier alpha value is -1.10. The molecule has 0 bridgehead atoms. The molecule has 1 saturated heterocycles. The van der Waals surface area contributed by atoms with Crippen molar-refractivity contribution in [1.82, 2.24) is 0 Å². The molecule has 2 aliphatic rings. The van der Waals surface area contributed by atoms with E-state index in [2.05, 4.69) is 0 Å².